The number of carbonyl (C=O) groups is 2. The lowest BCUT2D eigenvalue weighted by molar-refractivity contribution is -0.142. The van der Waals surface area contributed by atoms with Crippen LogP contribution in [0.4, 0.5) is 0 Å². The molecule has 38 heavy (non-hydrogen) atoms. The Hall–Kier alpha value is -3.50. The maximum Gasteiger partial charge on any atom is 0.247 e. The first-order chi connectivity index (χ1) is 18.3. The van der Waals surface area contributed by atoms with Crippen LogP contribution in [0.1, 0.15) is 38.8 Å². The van der Waals surface area contributed by atoms with Crippen LogP contribution in [0.15, 0.2) is 48.5 Å². The Kier molecular flexibility index (Phi) is 8.96. The number of methoxy groups -OCH3 is 1. The molecule has 0 bridgehead atoms. The third-order valence-electron chi connectivity index (χ3n) is 7.10. The van der Waals surface area contributed by atoms with Gasteiger partial charge in [-0.25, -0.2) is 4.68 Å². The van der Waals surface area contributed by atoms with Crippen molar-refractivity contribution < 1.29 is 19.1 Å². The Labute approximate surface area is 223 Å². The zero-order chi connectivity index (χ0) is 27.1. The summed E-state index contributed by atoms with van der Waals surface area (Å²) in [6.45, 7) is 9.83. The van der Waals surface area contributed by atoms with Crippen molar-refractivity contribution in [2.45, 2.75) is 45.3 Å². The van der Waals surface area contributed by atoms with E-state index in [0.29, 0.717) is 43.1 Å². The van der Waals surface area contributed by atoms with E-state index in [-0.39, 0.29) is 18.4 Å². The molecule has 1 aliphatic rings. The second-order valence-electron chi connectivity index (χ2n) is 10.2. The minimum absolute atomic E-state index is 0.0332. The molecule has 204 valence electrons. The predicted octanol–water partition coefficient (Wildman–Crippen LogP) is 2.65. The van der Waals surface area contributed by atoms with E-state index in [1.807, 2.05) is 69.3 Å². The number of benzene rings is 2. The Balaban J connectivity index is 1.70. The monoisotopic (exact) mass is 522 g/mol. The highest BCUT2D eigenvalue weighted by atomic mass is 16.5. The van der Waals surface area contributed by atoms with E-state index in [1.54, 1.807) is 16.7 Å². The van der Waals surface area contributed by atoms with Gasteiger partial charge in [-0.2, -0.15) is 0 Å². The topological polar surface area (TPSA) is 102 Å². The van der Waals surface area contributed by atoms with Crippen LogP contribution in [0.3, 0.4) is 0 Å². The van der Waals surface area contributed by atoms with Gasteiger partial charge < -0.3 is 19.7 Å². The van der Waals surface area contributed by atoms with Gasteiger partial charge in [-0.1, -0.05) is 36.4 Å². The van der Waals surface area contributed by atoms with E-state index in [4.69, 9.17) is 9.47 Å². The molecule has 0 aliphatic carbocycles. The fourth-order valence-electron chi connectivity index (χ4n) is 4.50. The van der Waals surface area contributed by atoms with Crippen molar-refractivity contribution in [3.05, 3.63) is 54.1 Å². The van der Waals surface area contributed by atoms with E-state index in [9.17, 15) is 9.59 Å². The number of para-hydroxylation sites is 1. The quantitative estimate of drug-likeness (QED) is 0.413. The number of rotatable bonds is 11. The maximum absolute atomic E-state index is 14.0. The van der Waals surface area contributed by atoms with Crippen molar-refractivity contribution in [3.63, 3.8) is 0 Å². The average molecular weight is 523 g/mol. The maximum atomic E-state index is 14.0. The summed E-state index contributed by atoms with van der Waals surface area (Å²) >= 11 is 0. The van der Waals surface area contributed by atoms with Gasteiger partial charge in [0.05, 0.1) is 25.8 Å². The summed E-state index contributed by atoms with van der Waals surface area (Å²) in [6, 6.07) is 14.0. The molecule has 0 saturated carbocycles. The Morgan fingerprint density at radius 2 is 1.92 bits per heavy atom. The Morgan fingerprint density at radius 3 is 2.66 bits per heavy atom. The summed E-state index contributed by atoms with van der Waals surface area (Å²) in [7, 11) is 1.59. The van der Waals surface area contributed by atoms with E-state index in [1.165, 1.54) is 0 Å². The number of nitrogens with one attached hydrogen (secondary N) is 1. The lowest BCUT2D eigenvalue weighted by Gasteiger charge is -2.36. The van der Waals surface area contributed by atoms with E-state index in [0.717, 1.165) is 25.0 Å². The molecule has 10 nitrogen and oxygen atoms in total. The molecule has 0 spiro atoms. The molecule has 2 heterocycles. The molecule has 0 radical (unpaired) electrons. The van der Waals surface area contributed by atoms with Gasteiger partial charge in [0.25, 0.3) is 0 Å². The third-order valence-corrected chi connectivity index (χ3v) is 7.10. The second kappa shape index (κ2) is 12.4. The number of hydrogen-bond acceptors (Lipinski definition) is 7. The van der Waals surface area contributed by atoms with Crippen LogP contribution in [0.5, 0.6) is 5.75 Å². The SMILES string of the molecule is CCC(C)(C)NC(=O)[C@@H](c1cccc(OC)c1)N(CCN1CCOCC1)C(=O)Cn1nnc2ccccc21. The molecule has 1 aliphatic heterocycles. The number of morpholine rings is 1. The molecule has 1 aromatic heterocycles. The van der Waals surface area contributed by atoms with Crippen LogP contribution < -0.4 is 10.1 Å². The highest BCUT2D eigenvalue weighted by Crippen LogP contribution is 2.27. The zero-order valence-electron chi connectivity index (χ0n) is 22.7. The third kappa shape index (κ3) is 6.68. The standard InChI is InChI=1S/C28H38N6O4/c1-5-28(2,3)29-27(36)26(21-9-8-10-22(19-21)37-4)33(14-13-32-15-17-38-18-16-32)25(35)20-34-24-12-7-6-11-23(24)30-31-34/h6-12,19,26H,5,13-18,20H2,1-4H3,(H,29,36)/t26-/m1/s1. The van der Waals surface area contributed by atoms with Crippen LogP contribution >= 0.6 is 0 Å². The van der Waals surface area contributed by atoms with Crippen molar-refractivity contribution in [1.29, 1.82) is 0 Å². The van der Waals surface area contributed by atoms with Gasteiger partial charge in [0, 0.05) is 31.7 Å². The van der Waals surface area contributed by atoms with Gasteiger partial charge in [-0.3, -0.25) is 14.5 Å². The fourth-order valence-corrected chi connectivity index (χ4v) is 4.50. The number of fused-ring (bicyclic) bond motifs is 1. The van der Waals surface area contributed by atoms with Gasteiger partial charge in [-0.15, -0.1) is 5.10 Å². The van der Waals surface area contributed by atoms with Crippen molar-refractivity contribution in [2.75, 3.05) is 46.5 Å². The van der Waals surface area contributed by atoms with Crippen LogP contribution in [0, 0.1) is 0 Å². The van der Waals surface area contributed by atoms with Gasteiger partial charge in [0.15, 0.2) is 0 Å². The number of aromatic nitrogens is 3. The molecule has 3 aromatic rings. The Bertz CT molecular complexity index is 1240. The number of amides is 2. The summed E-state index contributed by atoms with van der Waals surface area (Å²) in [5, 5.41) is 11.6. The number of ether oxygens (including phenoxy) is 2. The van der Waals surface area contributed by atoms with Gasteiger partial charge in [-0.05, 0) is 50.1 Å². The smallest absolute Gasteiger partial charge is 0.247 e. The molecule has 1 N–H and O–H groups in total. The van der Waals surface area contributed by atoms with Crippen molar-refractivity contribution >= 4 is 22.8 Å². The summed E-state index contributed by atoms with van der Waals surface area (Å²) in [5.74, 6) is 0.174. The summed E-state index contributed by atoms with van der Waals surface area (Å²) in [4.78, 5) is 31.9. The van der Waals surface area contributed by atoms with Crippen LogP contribution in [0.2, 0.25) is 0 Å². The second-order valence-corrected chi connectivity index (χ2v) is 10.2. The first-order valence-electron chi connectivity index (χ1n) is 13.1. The van der Waals surface area contributed by atoms with Crippen molar-refractivity contribution in [3.8, 4) is 5.75 Å². The number of hydrogen-bond donors (Lipinski definition) is 1. The van der Waals surface area contributed by atoms with Crippen molar-refractivity contribution in [1.82, 2.24) is 30.1 Å². The normalized spacial score (nSPS) is 15.3. The molecule has 2 aromatic carbocycles. The van der Waals surface area contributed by atoms with Gasteiger partial charge >= 0.3 is 0 Å². The zero-order valence-corrected chi connectivity index (χ0v) is 22.7. The number of nitrogens with zero attached hydrogens (tertiary/aromatic N) is 5. The number of carbonyl (C=O) groups excluding carboxylic acids is 2. The fraction of sp³-hybridized carbons (Fsp3) is 0.500. The minimum atomic E-state index is -0.848. The lowest BCUT2D eigenvalue weighted by Crippen LogP contribution is -2.52. The molecule has 4 rings (SSSR count). The van der Waals surface area contributed by atoms with E-state index >= 15 is 0 Å². The predicted molar refractivity (Wildman–Crippen MR) is 145 cm³/mol. The summed E-state index contributed by atoms with van der Waals surface area (Å²) < 4.78 is 12.5. The van der Waals surface area contributed by atoms with Crippen molar-refractivity contribution in [2.24, 2.45) is 0 Å². The average Bonchev–Trinajstić information content (AvgIpc) is 3.33. The van der Waals surface area contributed by atoms with Gasteiger partial charge in [0.2, 0.25) is 11.8 Å². The first kappa shape index (κ1) is 27.5. The molecule has 1 saturated heterocycles. The minimum Gasteiger partial charge on any atom is -0.497 e. The Morgan fingerprint density at radius 1 is 1.16 bits per heavy atom. The van der Waals surface area contributed by atoms with Crippen LogP contribution in [-0.4, -0.2) is 88.6 Å². The van der Waals surface area contributed by atoms with Crippen LogP contribution in [-0.2, 0) is 20.9 Å². The molecular weight excluding hydrogens is 484 g/mol. The van der Waals surface area contributed by atoms with Gasteiger partial charge in [0.1, 0.15) is 23.9 Å². The molecule has 2 amide bonds. The lowest BCUT2D eigenvalue weighted by atomic mass is 9.98. The highest BCUT2D eigenvalue weighted by molar-refractivity contribution is 5.89. The largest absolute Gasteiger partial charge is 0.497 e. The molecule has 0 unspecified atom stereocenters. The van der Waals surface area contributed by atoms with E-state index < -0.39 is 11.6 Å². The summed E-state index contributed by atoms with van der Waals surface area (Å²) in [6.07, 6.45) is 0.746. The summed E-state index contributed by atoms with van der Waals surface area (Å²) in [5.41, 5.74) is 1.73. The van der Waals surface area contributed by atoms with E-state index in [2.05, 4.69) is 20.5 Å². The molecule has 1 atom stereocenters. The highest BCUT2D eigenvalue weighted by Gasteiger charge is 2.34. The first-order valence-corrected chi connectivity index (χ1v) is 13.1. The van der Waals surface area contributed by atoms with Crippen LogP contribution in [0.25, 0.3) is 11.0 Å². The molecule has 1 fully saturated rings. The molecule has 10 heteroatoms. The molecular formula is C28H38N6O4.